The van der Waals surface area contributed by atoms with Crippen molar-refractivity contribution >= 4 is 11.6 Å². The van der Waals surface area contributed by atoms with Gasteiger partial charge in [0.05, 0.1) is 0 Å². The minimum Gasteiger partial charge on any atom is -0.382 e. The molecule has 1 amide bonds. The summed E-state index contributed by atoms with van der Waals surface area (Å²) in [6.07, 6.45) is 5.84. The molecule has 1 aromatic carbocycles. The van der Waals surface area contributed by atoms with Crippen molar-refractivity contribution in [3.63, 3.8) is 0 Å². The highest BCUT2D eigenvalue weighted by atomic mass is 16.1. The van der Waals surface area contributed by atoms with Crippen LogP contribution in [0.1, 0.15) is 42.5 Å². The molecule has 4 nitrogen and oxygen atoms in total. The zero-order valence-electron chi connectivity index (χ0n) is 11.8. The summed E-state index contributed by atoms with van der Waals surface area (Å²) in [5.41, 5.74) is 1.87. The van der Waals surface area contributed by atoms with Gasteiger partial charge in [0.15, 0.2) is 0 Å². The van der Waals surface area contributed by atoms with E-state index in [-0.39, 0.29) is 5.91 Å². The SMILES string of the molecule is O=C(NC1CC1)c1ccc(NC2CCCNCC2)cc1. The van der Waals surface area contributed by atoms with Crippen LogP contribution in [0.25, 0.3) is 0 Å². The summed E-state index contributed by atoms with van der Waals surface area (Å²) in [5.74, 6) is 0.0534. The Hall–Kier alpha value is -1.55. The van der Waals surface area contributed by atoms with Crippen molar-refractivity contribution in [3.8, 4) is 0 Å². The average Bonchev–Trinajstić information content (AvgIpc) is 3.27. The summed E-state index contributed by atoms with van der Waals surface area (Å²) in [5, 5.41) is 10.00. The van der Waals surface area contributed by atoms with Gasteiger partial charge in [-0.05, 0) is 69.5 Å². The Morgan fingerprint density at radius 1 is 1.00 bits per heavy atom. The van der Waals surface area contributed by atoms with Crippen LogP contribution in [-0.4, -0.2) is 31.1 Å². The number of hydrogen-bond donors (Lipinski definition) is 3. The van der Waals surface area contributed by atoms with Gasteiger partial charge in [0.2, 0.25) is 0 Å². The largest absolute Gasteiger partial charge is 0.382 e. The molecule has 0 aromatic heterocycles. The Labute approximate surface area is 120 Å². The third-order valence-electron chi connectivity index (χ3n) is 4.01. The van der Waals surface area contributed by atoms with Crippen LogP contribution >= 0.6 is 0 Å². The first-order chi connectivity index (χ1) is 9.81. The molecule has 1 aromatic rings. The van der Waals surface area contributed by atoms with Gasteiger partial charge >= 0.3 is 0 Å². The van der Waals surface area contributed by atoms with Crippen molar-refractivity contribution < 1.29 is 4.79 Å². The molecule has 3 rings (SSSR count). The van der Waals surface area contributed by atoms with Crippen molar-refractivity contribution in [2.24, 2.45) is 0 Å². The van der Waals surface area contributed by atoms with Crippen molar-refractivity contribution in [2.75, 3.05) is 18.4 Å². The highest BCUT2D eigenvalue weighted by Gasteiger charge is 2.23. The van der Waals surface area contributed by atoms with Crippen molar-refractivity contribution in [1.82, 2.24) is 10.6 Å². The van der Waals surface area contributed by atoms with E-state index in [9.17, 15) is 4.79 Å². The highest BCUT2D eigenvalue weighted by Crippen LogP contribution is 2.20. The number of nitrogens with one attached hydrogen (secondary N) is 3. The first-order valence-electron chi connectivity index (χ1n) is 7.69. The summed E-state index contributed by atoms with van der Waals surface area (Å²) >= 11 is 0. The molecule has 108 valence electrons. The lowest BCUT2D eigenvalue weighted by atomic mass is 10.1. The van der Waals surface area contributed by atoms with E-state index >= 15 is 0 Å². The zero-order valence-corrected chi connectivity index (χ0v) is 11.8. The molecular weight excluding hydrogens is 250 g/mol. The molecule has 1 heterocycles. The first-order valence-corrected chi connectivity index (χ1v) is 7.69. The molecule has 0 spiro atoms. The normalized spacial score (nSPS) is 22.9. The van der Waals surface area contributed by atoms with Crippen LogP contribution in [0, 0.1) is 0 Å². The molecule has 2 fully saturated rings. The topological polar surface area (TPSA) is 53.2 Å². The van der Waals surface area contributed by atoms with E-state index in [0.717, 1.165) is 43.6 Å². The van der Waals surface area contributed by atoms with Crippen LogP contribution in [0.4, 0.5) is 5.69 Å². The highest BCUT2D eigenvalue weighted by molar-refractivity contribution is 5.94. The van der Waals surface area contributed by atoms with E-state index in [1.165, 1.54) is 12.8 Å². The van der Waals surface area contributed by atoms with E-state index < -0.39 is 0 Å². The van der Waals surface area contributed by atoms with Gasteiger partial charge in [-0.1, -0.05) is 0 Å². The quantitative estimate of drug-likeness (QED) is 0.788. The predicted octanol–water partition coefficient (Wildman–Crippen LogP) is 2.13. The van der Waals surface area contributed by atoms with Gasteiger partial charge in [-0.25, -0.2) is 0 Å². The standard InChI is InChI=1S/C16H23N3O/c20-16(19-15-7-8-15)12-3-5-14(6-4-12)18-13-2-1-10-17-11-9-13/h3-6,13,15,17-18H,1-2,7-11H2,(H,19,20). The predicted molar refractivity (Wildman–Crippen MR) is 81.1 cm³/mol. The lowest BCUT2D eigenvalue weighted by molar-refractivity contribution is 0.0951. The van der Waals surface area contributed by atoms with Gasteiger partial charge in [-0.15, -0.1) is 0 Å². The van der Waals surface area contributed by atoms with E-state index in [2.05, 4.69) is 16.0 Å². The van der Waals surface area contributed by atoms with Gasteiger partial charge < -0.3 is 16.0 Å². The fourth-order valence-electron chi connectivity index (χ4n) is 2.61. The number of hydrogen-bond acceptors (Lipinski definition) is 3. The van der Waals surface area contributed by atoms with Crippen LogP contribution < -0.4 is 16.0 Å². The molecule has 2 aliphatic rings. The lowest BCUT2D eigenvalue weighted by Crippen LogP contribution is -2.25. The Balaban J connectivity index is 1.55. The van der Waals surface area contributed by atoms with Crippen LogP contribution in [-0.2, 0) is 0 Å². The van der Waals surface area contributed by atoms with Crippen LogP contribution in [0.2, 0.25) is 0 Å². The summed E-state index contributed by atoms with van der Waals surface area (Å²) in [4.78, 5) is 11.9. The van der Waals surface area contributed by atoms with E-state index in [4.69, 9.17) is 0 Å². The van der Waals surface area contributed by atoms with Crippen molar-refractivity contribution in [3.05, 3.63) is 29.8 Å². The second kappa shape index (κ2) is 6.27. The van der Waals surface area contributed by atoms with Crippen LogP contribution in [0.5, 0.6) is 0 Å². The molecule has 1 aliphatic carbocycles. The number of rotatable bonds is 4. The minimum absolute atomic E-state index is 0.0534. The van der Waals surface area contributed by atoms with Crippen molar-refractivity contribution in [1.29, 1.82) is 0 Å². The summed E-state index contributed by atoms with van der Waals surface area (Å²) in [6.45, 7) is 2.21. The number of carbonyl (C=O) groups is 1. The maximum absolute atomic E-state index is 11.9. The fourth-order valence-corrected chi connectivity index (χ4v) is 2.61. The first kappa shape index (κ1) is 13.4. The molecule has 0 radical (unpaired) electrons. The average molecular weight is 273 g/mol. The minimum atomic E-state index is 0.0534. The third-order valence-corrected chi connectivity index (χ3v) is 4.01. The number of carbonyl (C=O) groups excluding carboxylic acids is 1. The maximum Gasteiger partial charge on any atom is 0.251 e. The summed E-state index contributed by atoms with van der Waals surface area (Å²) < 4.78 is 0. The molecule has 1 saturated heterocycles. The van der Waals surface area contributed by atoms with E-state index in [1.807, 2.05) is 24.3 Å². The molecule has 4 heteroatoms. The Morgan fingerprint density at radius 3 is 2.55 bits per heavy atom. The van der Waals surface area contributed by atoms with Crippen LogP contribution in [0.3, 0.4) is 0 Å². The number of benzene rings is 1. The van der Waals surface area contributed by atoms with Gasteiger partial charge in [0.1, 0.15) is 0 Å². The Bertz CT molecular complexity index is 445. The van der Waals surface area contributed by atoms with Gasteiger partial charge in [-0.2, -0.15) is 0 Å². The molecule has 20 heavy (non-hydrogen) atoms. The monoisotopic (exact) mass is 273 g/mol. The molecule has 1 unspecified atom stereocenters. The van der Waals surface area contributed by atoms with Crippen LogP contribution in [0.15, 0.2) is 24.3 Å². The van der Waals surface area contributed by atoms with Crippen molar-refractivity contribution in [2.45, 2.75) is 44.2 Å². The number of anilines is 1. The smallest absolute Gasteiger partial charge is 0.251 e. The maximum atomic E-state index is 11.9. The summed E-state index contributed by atoms with van der Waals surface area (Å²) in [6, 6.07) is 8.81. The Morgan fingerprint density at radius 2 is 1.80 bits per heavy atom. The van der Waals surface area contributed by atoms with E-state index in [0.29, 0.717) is 12.1 Å². The molecule has 1 saturated carbocycles. The molecule has 0 bridgehead atoms. The zero-order chi connectivity index (χ0) is 13.8. The third kappa shape index (κ3) is 3.73. The molecule has 1 atom stereocenters. The molecule has 1 aliphatic heterocycles. The Kier molecular flexibility index (Phi) is 4.21. The van der Waals surface area contributed by atoms with Gasteiger partial charge in [0.25, 0.3) is 5.91 Å². The molecular formula is C16H23N3O. The second-order valence-corrected chi connectivity index (χ2v) is 5.85. The molecule has 3 N–H and O–H groups in total. The summed E-state index contributed by atoms with van der Waals surface area (Å²) in [7, 11) is 0. The van der Waals surface area contributed by atoms with Gasteiger partial charge in [0, 0.05) is 23.3 Å². The lowest BCUT2D eigenvalue weighted by Gasteiger charge is -2.17. The number of amides is 1. The second-order valence-electron chi connectivity index (χ2n) is 5.85. The van der Waals surface area contributed by atoms with Gasteiger partial charge in [-0.3, -0.25) is 4.79 Å². The van der Waals surface area contributed by atoms with E-state index in [1.54, 1.807) is 0 Å². The fraction of sp³-hybridized carbons (Fsp3) is 0.562.